The van der Waals surface area contributed by atoms with E-state index in [1.165, 1.54) is 11.3 Å². The lowest BCUT2D eigenvalue weighted by molar-refractivity contribution is -0.119. The van der Waals surface area contributed by atoms with Crippen LogP contribution in [0.1, 0.15) is 17.9 Å². The molecule has 1 amide bonds. The van der Waals surface area contributed by atoms with Gasteiger partial charge in [0.2, 0.25) is 5.91 Å². The van der Waals surface area contributed by atoms with Crippen molar-refractivity contribution >= 4 is 32.6 Å². The fourth-order valence-corrected chi connectivity index (χ4v) is 3.96. The smallest absolute Gasteiger partial charge is 0.231 e. The molecule has 1 aliphatic heterocycles. The van der Waals surface area contributed by atoms with Crippen LogP contribution in [-0.2, 0) is 4.79 Å². The second kappa shape index (κ2) is 6.38. The first-order valence-corrected chi connectivity index (χ1v) is 9.02. The van der Waals surface area contributed by atoms with E-state index in [0.29, 0.717) is 30.4 Å². The Balaban J connectivity index is 1.57. The number of likely N-dealkylation sites (tertiary alicyclic amines) is 1. The monoisotopic (exact) mass is 368 g/mol. The van der Waals surface area contributed by atoms with Gasteiger partial charge in [-0.2, -0.15) is 5.26 Å². The highest BCUT2D eigenvalue weighted by Crippen LogP contribution is 2.31. The SMILES string of the molecule is Cc1noc(C)c1-c1cc2nc(NC(=O)[C@H]3CCN(C#N)C3)sc2cn1. The van der Waals surface area contributed by atoms with E-state index < -0.39 is 0 Å². The van der Waals surface area contributed by atoms with Crippen molar-refractivity contribution in [2.45, 2.75) is 20.3 Å². The molecule has 1 fully saturated rings. The van der Waals surface area contributed by atoms with Crippen molar-refractivity contribution in [3.63, 3.8) is 0 Å². The molecule has 0 spiro atoms. The first kappa shape index (κ1) is 16.5. The summed E-state index contributed by atoms with van der Waals surface area (Å²) < 4.78 is 6.09. The Morgan fingerprint density at radius 3 is 3.04 bits per heavy atom. The molecule has 1 N–H and O–H groups in total. The highest BCUT2D eigenvalue weighted by atomic mass is 32.1. The van der Waals surface area contributed by atoms with Crippen LogP contribution >= 0.6 is 11.3 Å². The highest BCUT2D eigenvalue weighted by Gasteiger charge is 2.28. The summed E-state index contributed by atoms with van der Waals surface area (Å²) in [6, 6.07) is 1.88. The van der Waals surface area contributed by atoms with E-state index in [4.69, 9.17) is 9.78 Å². The van der Waals surface area contributed by atoms with Gasteiger partial charge in [0, 0.05) is 19.3 Å². The molecule has 3 aromatic heterocycles. The van der Waals surface area contributed by atoms with Crippen molar-refractivity contribution < 1.29 is 9.32 Å². The number of amides is 1. The molecule has 0 bridgehead atoms. The van der Waals surface area contributed by atoms with Crippen LogP contribution in [0.25, 0.3) is 21.5 Å². The van der Waals surface area contributed by atoms with E-state index in [0.717, 1.165) is 27.2 Å². The average Bonchev–Trinajstić information content (AvgIpc) is 3.32. The van der Waals surface area contributed by atoms with E-state index in [1.54, 1.807) is 11.1 Å². The quantitative estimate of drug-likeness (QED) is 0.708. The summed E-state index contributed by atoms with van der Waals surface area (Å²) >= 11 is 1.38. The number of carbonyl (C=O) groups is 1. The molecular formula is C17H16N6O2S. The van der Waals surface area contributed by atoms with E-state index in [-0.39, 0.29) is 11.8 Å². The third kappa shape index (κ3) is 2.88. The van der Waals surface area contributed by atoms with Gasteiger partial charge in [0.15, 0.2) is 11.3 Å². The summed E-state index contributed by atoms with van der Waals surface area (Å²) in [5.74, 6) is 0.430. The van der Waals surface area contributed by atoms with Gasteiger partial charge in [0.1, 0.15) is 5.76 Å². The molecule has 1 atom stereocenters. The molecule has 8 nitrogen and oxygen atoms in total. The topological polar surface area (TPSA) is 108 Å². The number of aromatic nitrogens is 3. The van der Waals surface area contributed by atoms with Gasteiger partial charge in [-0.3, -0.25) is 9.78 Å². The number of nitrogens with one attached hydrogen (secondary N) is 1. The number of pyridine rings is 1. The van der Waals surface area contributed by atoms with E-state index in [1.807, 2.05) is 19.9 Å². The molecule has 0 radical (unpaired) electrons. The largest absolute Gasteiger partial charge is 0.361 e. The number of hydrogen-bond donors (Lipinski definition) is 1. The van der Waals surface area contributed by atoms with Gasteiger partial charge < -0.3 is 14.7 Å². The summed E-state index contributed by atoms with van der Waals surface area (Å²) in [6.07, 6.45) is 4.51. The number of nitrogens with zero attached hydrogens (tertiary/aromatic N) is 5. The fraction of sp³-hybridized carbons (Fsp3) is 0.353. The molecule has 0 aromatic carbocycles. The van der Waals surface area contributed by atoms with Crippen molar-refractivity contribution in [3.05, 3.63) is 23.7 Å². The summed E-state index contributed by atoms with van der Waals surface area (Å²) in [6.45, 7) is 4.81. The van der Waals surface area contributed by atoms with E-state index in [2.05, 4.69) is 26.6 Å². The van der Waals surface area contributed by atoms with Gasteiger partial charge in [0.05, 0.1) is 33.1 Å². The summed E-state index contributed by atoms with van der Waals surface area (Å²) in [5, 5.41) is 16.3. The van der Waals surface area contributed by atoms with Crippen molar-refractivity contribution in [1.82, 2.24) is 20.0 Å². The molecule has 4 rings (SSSR count). The molecule has 4 heterocycles. The molecule has 1 aliphatic rings. The lowest BCUT2D eigenvalue weighted by atomic mass is 10.1. The van der Waals surface area contributed by atoms with Crippen LogP contribution in [0, 0.1) is 31.2 Å². The predicted molar refractivity (Wildman–Crippen MR) is 96.3 cm³/mol. The number of carbonyl (C=O) groups excluding carboxylic acids is 1. The zero-order valence-electron chi connectivity index (χ0n) is 14.3. The molecular weight excluding hydrogens is 352 g/mol. The van der Waals surface area contributed by atoms with Crippen LogP contribution in [-0.4, -0.2) is 39.0 Å². The van der Waals surface area contributed by atoms with Gasteiger partial charge in [-0.15, -0.1) is 0 Å². The van der Waals surface area contributed by atoms with Gasteiger partial charge in [-0.05, 0) is 26.3 Å². The predicted octanol–water partition coefficient (Wildman–Crippen LogP) is 2.70. The number of nitriles is 1. The third-order valence-corrected chi connectivity index (χ3v) is 5.42. The minimum atomic E-state index is -0.183. The van der Waals surface area contributed by atoms with Crippen LogP contribution < -0.4 is 5.32 Å². The van der Waals surface area contributed by atoms with Crippen molar-refractivity contribution in [2.24, 2.45) is 5.92 Å². The first-order chi connectivity index (χ1) is 12.5. The van der Waals surface area contributed by atoms with E-state index >= 15 is 0 Å². The maximum Gasteiger partial charge on any atom is 0.231 e. The molecule has 9 heteroatoms. The van der Waals surface area contributed by atoms with Crippen molar-refractivity contribution in [1.29, 1.82) is 5.26 Å². The second-order valence-corrected chi connectivity index (χ2v) is 7.31. The Labute approximate surface area is 153 Å². The van der Waals surface area contributed by atoms with Crippen molar-refractivity contribution in [2.75, 3.05) is 18.4 Å². The number of thiazole rings is 1. The van der Waals surface area contributed by atoms with Crippen LogP contribution in [0.5, 0.6) is 0 Å². The number of fused-ring (bicyclic) bond motifs is 1. The summed E-state index contributed by atoms with van der Waals surface area (Å²) in [5.41, 5.74) is 3.16. The second-order valence-electron chi connectivity index (χ2n) is 6.28. The maximum atomic E-state index is 12.4. The number of rotatable bonds is 3. The minimum Gasteiger partial charge on any atom is -0.361 e. The van der Waals surface area contributed by atoms with E-state index in [9.17, 15) is 4.79 Å². The molecule has 0 saturated carbocycles. The fourth-order valence-electron chi connectivity index (χ4n) is 3.15. The van der Waals surface area contributed by atoms with Crippen LogP contribution in [0.15, 0.2) is 16.8 Å². The zero-order valence-corrected chi connectivity index (χ0v) is 15.1. The van der Waals surface area contributed by atoms with Gasteiger partial charge in [-0.25, -0.2) is 4.98 Å². The zero-order chi connectivity index (χ0) is 18.3. The normalized spacial score (nSPS) is 16.8. The molecule has 1 saturated heterocycles. The Morgan fingerprint density at radius 2 is 2.35 bits per heavy atom. The number of aryl methyl sites for hydroxylation is 2. The Morgan fingerprint density at radius 1 is 1.50 bits per heavy atom. The summed E-state index contributed by atoms with van der Waals surface area (Å²) in [4.78, 5) is 23.0. The van der Waals surface area contributed by atoms with Gasteiger partial charge in [-0.1, -0.05) is 16.5 Å². The Bertz CT molecular complexity index is 1010. The lowest BCUT2D eigenvalue weighted by Crippen LogP contribution is -2.25. The Hall–Kier alpha value is -2.99. The molecule has 132 valence electrons. The van der Waals surface area contributed by atoms with Gasteiger partial charge >= 0.3 is 0 Å². The highest BCUT2D eigenvalue weighted by molar-refractivity contribution is 7.22. The van der Waals surface area contributed by atoms with Crippen LogP contribution in [0.4, 0.5) is 5.13 Å². The van der Waals surface area contributed by atoms with Crippen LogP contribution in [0.2, 0.25) is 0 Å². The minimum absolute atomic E-state index is 0.0966. The first-order valence-electron chi connectivity index (χ1n) is 8.20. The molecule has 26 heavy (non-hydrogen) atoms. The molecule has 0 aliphatic carbocycles. The average molecular weight is 368 g/mol. The standard InChI is InChI=1S/C17H16N6O2S/c1-9-15(10(2)25-22-9)13-5-12-14(6-19-13)26-17(20-12)21-16(24)11-3-4-23(7-11)8-18/h5-6,11H,3-4,7H2,1-2H3,(H,20,21,24)/t11-/m0/s1. The lowest BCUT2D eigenvalue weighted by Gasteiger charge is -2.08. The molecule has 0 unspecified atom stereocenters. The van der Waals surface area contributed by atoms with Crippen LogP contribution in [0.3, 0.4) is 0 Å². The third-order valence-electron chi connectivity index (χ3n) is 4.50. The number of anilines is 1. The maximum absolute atomic E-state index is 12.4. The van der Waals surface area contributed by atoms with Gasteiger partial charge in [0.25, 0.3) is 0 Å². The Kier molecular flexibility index (Phi) is 4.05. The summed E-state index contributed by atoms with van der Waals surface area (Å²) in [7, 11) is 0. The van der Waals surface area contributed by atoms with Crippen molar-refractivity contribution in [3.8, 4) is 17.5 Å². The number of hydrogen-bond acceptors (Lipinski definition) is 8. The molecule has 3 aromatic rings.